The average Bonchev–Trinajstić information content (AvgIpc) is 3.16. The van der Waals surface area contributed by atoms with Crippen LogP contribution in [-0.2, 0) is 18.3 Å². The summed E-state index contributed by atoms with van der Waals surface area (Å²) in [6, 6.07) is 10.3. The van der Waals surface area contributed by atoms with Crippen molar-refractivity contribution in [3.05, 3.63) is 64.5 Å². The summed E-state index contributed by atoms with van der Waals surface area (Å²) in [5.74, 6) is -0.300. The quantitative estimate of drug-likeness (QED) is 0.607. The highest BCUT2D eigenvalue weighted by molar-refractivity contribution is 5.93. The second-order valence-electron chi connectivity index (χ2n) is 5.50. The van der Waals surface area contributed by atoms with Gasteiger partial charge in [-0.2, -0.15) is 0 Å². The predicted octanol–water partition coefficient (Wildman–Crippen LogP) is 0.655. The number of hydrazine groups is 1. The predicted molar refractivity (Wildman–Crippen MR) is 91.7 cm³/mol. The first-order valence-corrected chi connectivity index (χ1v) is 7.73. The largest absolute Gasteiger partial charge is 0.357 e. The third-order valence-electron chi connectivity index (χ3n) is 3.81. The Balaban J connectivity index is 1.62. The Kier molecular flexibility index (Phi) is 4.60. The van der Waals surface area contributed by atoms with Crippen molar-refractivity contribution < 1.29 is 9.59 Å². The fourth-order valence-corrected chi connectivity index (χ4v) is 2.44. The Labute approximate surface area is 142 Å². The molecule has 0 radical (unpaired) electrons. The van der Waals surface area contributed by atoms with Gasteiger partial charge >= 0.3 is 0 Å². The second kappa shape index (κ2) is 7.00. The van der Waals surface area contributed by atoms with Gasteiger partial charge in [0.1, 0.15) is 11.5 Å². The Morgan fingerprint density at radius 2 is 1.96 bits per heavy atom. The number of benzene rings is 1. The van der Waals surface area contributed by atoms with Gasteiger partial charge in [0.2, 0.25) is 5.91 Å². The number of nitrogens with one attached hydrogen (secondary N) is 3. The van der Waals surface area contributed by atoms with Gasteiger partial charge in [-0.05, 0) is 24.3 Å². The van der Waals surface area contributed by atoms with Crippen LogP contribution in [0.25, 0.3) is 10.9 Å². The third-order valence-corrected chi connectivity index (χ3v) is 3.81. The molecular weight excluding hydrogens is 322 g/mol. The van der Waals surface area contributed by atoms with Crippen molar-refractivity contribution in [3.63, 3.8) is 0 Å². The van der Waals surface area contributed by atoms with Crippen molar-refractivity contribution in [3.8, 4) is 0 Å². The van der Waals surface area contributed by atoms with Gasteiger partial charge in [0.05, 0.1) is 10.9 Å². The molecule has 0 spiro atoms. The van der Waals surface area contributed by atoms with Gasteiger partial charge < -0.3 is 4.98 Å². The first-order valence-electron chi connectivity index (χ1n) is 7.73. The van der Waals surface area contributed by atoms with Crippen LogP contribution in [-0.4, -0.2) is 26.3 Å². The van der Waals surface area contributed by atoms with Crippen molar-refractivity contribution >= 4 is 22.7 Å². The highest BCUT2D eigenvalue weighted by atomic mass is 16.2. The van der Waals surface area contributed by atoms with E-state index in [-0.39, 0.29) is 24.3 Å². The van der Waals surface area contributed by atoms with E-state index in [1.54, 1.807) is 49.6 Å². The summed E-state index contributed by atoms with van der Waals surface area (Å²) in [5, 5.41) is 0.538. The minimum absolute atomic E-state index is 0.0869. The van der Waals surface area contributed by atoms with Gasteiger partial charge in [0.15, 0.2) is 0 Å². The number of H-pyrrole nitrogens is 1. The Bertz CT molecular complexity index is 976. The number of aromatic nitrogens is 3. The van der Waals surface area contributed by atoms with Crippen molar-refractivity contribution in [2.24, 2.45) is 7.05 Å². The third kappa shape index (κ3) is 3.57. The lowest BCUT2D eigenvalue weighted by Crippen LogP contribution is -2.42. The molecule has 2 amide bonds. The molecular formula is C17H17N5O3. The van der Waals surface area contributed by atoms with Gasteiger partial charge in [0, 0.05) is 26.1 Å². The topological polar surface area (TPSA) is 109 Å². The van der Waals surface area contributed by atoms with Crippen LogP contribution >= 0.6 is 0 Å². The molecule has 3 N–H and O–H groups in total. The molecule has 128 valence electrons. The lowest BCUT2D eigenvalue weighted by Gasteiger charge is -2.10. The van der Waals surface area contributed by atoms with Crippen molar-refractivity contribution in [1.29, 1.82) is 0 Å². The summed E-state index contributed by atoms with van der Waals surface area (Å²) in [6.45, 7) is 0. The van der Waals surface area contributed by atoms with Crippen molar-refractivity contribution in [2.45, 2.75) is 12.8 Å². The molecule has 0 aliphatic carbocycles. The number of carbonyl (C=O) groups is 2. The van der Waals surface area contributed by atoms with Crippen LogP contribution in [0.1, 0.15) is 22.7 Å². The summed E-state index contributed by atoms with van der Waals surface area (Å²) < 4.78 is 1.44. The Morgan fingerprint density at radius 1 is 1.16 bits per heavy atom. The molecule has 8 heteroatoms. The number of carbonyl (C=O) groups excluding carboxylic acids is 2. The molecule has 0 unspecified atom stereocenters. The molecule has 1 aromatic carbocycles. The molecule has 25 heavy (non-hydrogen) atoms. The molecule has 0 saturated heterocycles. The number of hydrogen-bond donors (Lipinski definition) is 3. The summed E-state index contributed by atoms with van der Waals surface area (Å²) in [6.07, 6.45) is 1.98. The summed E-state index contributed by atoms with van der Waals surface area (Å²) in [5.41, 5.74) is 5.45. The average molecular weight is 339 g/mol. The summed E-state index contributed by atoms with van der Waals surface area (Å²) in [7, 11) is 1.63. The number of rotatable bonds is 4. The molecule has 3 rings (SSSR count). The van der Waals surface area contributed by atoms with Crippen LogP contribution in [0.4, 0.5) is 0 Å². The number of nitrogens with zero attached hydrogens (tertiary/aromatic N) is 2. The van der Waals surface area contributed by atoms with Gasteiger partial charge in [-0.3, -0.25) is 29.8 Å². The molecule has 2 heterocycles. The van der Waals surface area contributed by atoms with Crippen LogP contribution in [0.3, 0.4) is 0 Å². The van der Waals surface area contributed by atoms with Gasteiger partial charge in [-0.1, -0.05) is 12.1 Å². The Morgan fingerprint density at radius 3 is 2.72 bits per heavy atom. The molecule has 0 atom stereocenters. The smallest absolute Gasteiger partial charge is 0.286 e. The zero-order chi connectivity index (χ0) is 17.8. The highest BCUT2D eigenvalue weighted by Gasteiger charge is 2.11. The minimum atomic E-state index is -0.436. The van der Waals surface area contributed by atoms with E-state index in [1.165, 1.54) is 4.57 Å². The van der Waals surface area contributed by atoms with Crippen molar-refractivity contribution in [1.82, 2.24) is 25.4 Å². The van der Waals surface area contributed by atoms with Crippen LogP contribution in [0.15, 0.2) is 47.4 Å². The molecule has 0 bridgehead atoms. The second-order valence-corrected chi connectivity index (χ2v) is 5.50. The first-order chi connectivity index (χ1) is 12.1. The standard InChI is InChI=1S/C17H17N5O3/c1-22-14(19-12-6-3-2-5-11(12)17(22)25)8-9-15(23)20-21-16(24)13-7-4-10-18-13/h2-7,10,18H,8-9H2,1H3,(H,20,23)(H,21,24). The molecule has 3 aromatic rings. The lowest BCUT2D eigenvalue weighted by molar-refractivity contribution is -0.121. The normalized spacial score (nSPS) is 10.6. The van der Waals surface area contributed by atoms with E-state index in [4.69, 9.17) is 0 Å². The number of aryl methyl sites for hydroxylation is 1. The maximum absolute atomic E-state index is 12.3. The fourth-order valence-electron chi connectivity index (χ4n) is 2.44. The number of amides is 2. The Hall–Kier alpha value is -3.42. The summed E-state index contributed by atoms with van der Waals surface area (Å²) >= 11 is 0. The number of aromatic amines is 1. The first kappa shape index (κ1) is 16.4. The minimum Gasteiger partial charge on any atom is -0.357 e. The van der Waals surface area contributed by atoms with E-state index in [1.807, 2.05) is 0 Å². The molecule has 8 nitrogen and oxygen atoms in total. The molecule has 0 saturated carbocycles. The van der Waals surface area contributed by atoms with E-state index < -0.39 is 5.91 Å². The van der Waals surface area contributed by atoms with Crippen LogP contribution in [0.2, 0.25) is 0 Å². The monoisotopic (exact) mass is 339 g/mol. The van der Waals surface area contributed by atoms with E-state index in [0.29, 0.717) is 22.4 Å². The fraction of sp³-hybridized carbons (Fsp3) is 0.176. The number of para-hydroxylation sites is 1. The van der Waals surface area contributed by atoms with Crippen molar-refractivity contribution in [2.75, 3.05) is 0 Å². The maximum atomic E-state index is 12.3. The van der Waals surface area contributed by atoms with E-state index >= 15 is 0 Å². The summed E-state index contributed by atoms with van der Waals surface area (Å²) in [4.78, 5) is 43.1. The van der Waals surface area contributed by atoms with Crippen LogP contribution in [0, 0.1) is 0 Å². The maximum Gasteiger partial charge on any atom is 0.286 e. The van der Waals surface area contributed by atoms with Gasteiger partial charge in [-0.15, -0.1) is 0 Å². The lowest BCUT2D eigenvalue weighted by atomic mass is 10.2. The number of hydrogen-bond acceptors (Lipinski definition) is 4. The van der Waals surface area contributed by atoms with E-state index in [9.17, 15) is 14.4 Å². The van der Waals surface area contributed by atoms with E-state index in [2.05, 4.69) is 20.8 Å². The SMILES string of the molecule is Cn1c(CCC(=O)NNC(=O)c2ccc[nH]2)nc2ccccc2c1=O. The zero-order valence-electron chi connectivity index (χ0n) is 13.6. The molecule has 0 aliphatic heterocycles. The molecule has 0 fully saturated rings. The van der Waals surface area contributed by atoms with Crippen LogP contribution in [0.5, 0.6) is 0 Å². The molecule has 2 aromatic heterocycles. The number of fused-ring (bicyclic) bond motifs is 1. The van der Waals surface area contributed by atoms with Crippen LogP contribution < -0.4 is 16.4 Å². The van der Waals surface area contributed by atoms with Gasteiger partial charge in [0.25, 0.3) is 11.5 Å². The van der Waals surface area contributed by atoms with E-state index in [0.717, 1.165) is 0 Å². The van der Waals surface area contributed by atoms with Gasteiger partial charge in [-0.25, -0.2) is 4.98 Å². The highest BCUT2D eigenvalue weighted by Crippen LogP contribution is 2.08. The zero-order valence-corrected chi connectivity index (χ0v) is 13.6. The molecule has 0 aliphatic rings.